The summed E-state index contributed by atoms with van der Waals surface area (Å²) >= 11 is 13.5. The van der Waals surface area contributed by atoms with Crippen molar-refractivity contribution in [2.75, 3.05) is 11.8 Å². The van der Waals surface area contributed by atoms with Gasteiger partial charge in [-0.05, 0) is 40.2 Å². The zero-order valence-corrected chi connectivity index (χ0v) is 18.5. The van der Waals surface area contributed by atoms with Crippen LogP contribution in [0.2, 0.25) is 10.0 Å². The van der Waals surface area contributed by atoms with E-state index >= 15 is 4.39 Å². The minimum atomic E-state index is -0.442. The van der Waals surface area contributed by atoms with Gasteiger partial charge in [0.1, 0.15) is 24.9 Å². The summed E-state index contributed by atoms with van der Waals surface area (Å²) in [6.07, 6.45) is 3.01. The lowest BCUT2D eigenvalue weighted by molar-refractivity contribution is -0.144. The molecule has 2 aliphatic heterocycles. The zero-order chi connectivity index (χ0) is 22.1. The average molecular weight is 484 g/mol. The number of hydrogen-bond donors (Lipinski definition) is 2. The Morgan fingerprint density at radius 2 is 2.10 bits per heavy atom. The van der Waals surface area contributed by atoms with Gasteiger partial charge in [-0.15, -0.1) is 0 Å². The summed E-state index contributed by atoms with van der Waals surface area (Å²) in [6.45, 7) is -0.310. The van der Waals surface area contributed by atoms with Crippen molar-refractivity contribution in [1.29, 1.82) is 0 Å². The van der Waals surface area contributed by atoms with E-state index < -0.39 is 5.82 Å². The Bertz CT molecular complexity index is 1110. The summed E-state index contributed by atoms with van der Waals surface area (Å²) in [4.78, 5) is 14.5. The topological polar surface area (TPSA) is 75.2 Å². The lowest BCUT2D eigenvalue weighted by Gasteiger charge is -2.25. The van der Waals surface area contributed by atoms with Gasteiger partial charge in [0.25, 0.3) is 0 Å². The van der Waals surface area contributed by atoms with Crippen LogP contribution in [-0.2, 0) is 11.5 Å². The molecule has 0 spiro atoms. The highest BCUT2D eigenvalue weighted by Gasteiger charge is 2.39. The number of aliphatic imine (C=N–C) groups is 2. The Labute approximate surface area is 191 Å². The molecule has 2 aromatic carbocycles. The van der Waals surface area contributed by atoms with Gasteiger partial charge in [0, 0.05) is 34.3 Å². The Morgan fingerprint density at radius 1 is 1.29 bits per heavy atom. The SMILES string of the molecule is CN1C=C(c2cccc(NSc3cc(Cl)c(COF)cc3Cl)c2F)C2C(N)=NC=NC21. The molecule has 0 bridgehead atoms. The largest absolute Gasteiger partial charge is 0.386 e. The fraction of sp³-hybridized carbons (Fsp3) is 0.200. The molecule has 2 aliphatic rings. The number of rotatable bonds is 6. The van der Waals surface area contributed by atoms with Crippen molar-refractivity contribution in [3.63, 3.8) is 0 Å². The van der Waals surface area contributed by atoms with Crippen molar-refractivity contribution in [1.82, 2.24) is 4.90 Å². The van der Waals surface area contributed by atoms with Crippen LogP contribution >= 0.6 is 35.1 Å². The monoisotopic (exact) mass is 483 g/mol. The molecule has 6 nitrogen and oxygen atoms in total. The highest BCUT2D eigenvalue weighted by Crippen LogP contribution is 2.40. The first-order valence-corrected chi connectivity index (χ1v) is 10.7. The highest BCUT2D eigenvalue weighted by atomic mass is 35.5. The lowest BCUT2D eigenvalue weighted by Crippen LogP contribution is -2.38. The van der Waals surface area contributed by atoms with Crippen LogP contribution in [0, 0.1) is 11.7 Å². The predicted molar refractivity (Wildman–Crippen MR) is 121 cm³/mol. The third-order valence-electron chi connectivity index (χ3n) is 5.03. The maximum atomic E-state index is 15.4. The van der Waals surface area contributed by atoms with Crippen molar-refractivity contribution >= 4 is 58.6 Å². The molecule has 4 rings (SSSR count). The van der Waals surface area contributed by atoms with E-state index in [0.29, 0.717) is 37.5 Å². The van der Waals surface area contributed by atoms with E-state index in [1.807, 2.05) is 18.1 Å². The first-order chi connectivity index (χ1) is 14.9. The number of fused-ring (bicyclic) bond motifs is 1. The van der Waals surface area contributed by atoms with Gasteiger partial charge in [-0.3, -0.25) is 0 Å². The molecule has 0 fully saturated rings. The van der Waals surface area contributed by atoms with E-state index in [-0.39, 0.29) is 24.4 Å². The summed E-state index contributed by atoms with van der Waals surface area (Å²) in [7, 11) is 1.86. The number of anilines is 1. The number of nitrogens with one attached hydrogen (secondary N) is 1. The molecule has 162 valence electrons. The second kappa shape index (κ2) is 9.04. The number of amidine groups is 1. The van der Waals surface area contributed by atoms with E-state index in [1.165, 1.54) is 12.4 Å². The molecule has 0 saturated carbocycles. The summed E-state index contributed by atoms with van der Waals surface area (Å²) in [5.41, 5.74) is 7.86. The predicted octanol–water partition coefficient (Wildman–Crippen LogP) is 5.28. The zero-order valence-electron chi connectivity index (χ0n) is 16.2. The number of nitrogens with two attached hydrogens (primary N) is 1. The van der Waals surface area contributed by atoms with Crippen LogP contribution in [0.1, 0.15) is 11.1 Å². The van der Waals surface area contributed by atoms with Crippen molar-refractivity contribution in [3.05, 3.63) is 63.5 Å². The summed E-state index contributed by atoms with van der Waals surface area (Å²) < 4.78 is 30.5. The van der Waals surface area contributed by atoms with Gasteiger partial charge in [-0.25, -0.2) is 14.4 Å². The van der Waals surface area contributed by atoms with Gasteiger partial charge in [0.2, 0.25) is 0 Å². The van der Waals surface area contributed by atoms with Gasteiger partial charge in [0.15, 0.2) is 5.82 Å². The van der Waals surface area contributed by atoms with Crippen LogP contribution in [0.3, 0.4) is 0 Å². The maximum Gasteiger partial charge on any atom is 0.154 e. The number of halogens is 4. The van der Waals surface area contributed by atoms with Crippen molar-refractivity contribution < 1.29 is 13.9 Å². The third kappa shape index (κ3) is 4.23. The first-order valence-electron chi connectivity index (χ1n) is 9.12. The van der Waals surface area contributed by atoms with Crippen molar-refractivity contribution in [2.45, 2.75) is 17.7 Å². The minimum absolute atomic E-state index is 0.245. The molecular weight excluding hydrogens is 467 g/mol. The van der Waals surface area contributed by atoms with Crippen LogP contribution in [-0.4, -0.2) is 30.3 Å². The van der Waals surface area contributed by atoms with Crippen molar-refractivity contribution in [2.24, 2.45) is 21.6 Å². The molecule has 0 aromatic heterocycles. The standard InChI is InChI=1S/C20H17Cl2F2N5OS/c1-29-7-12(17-19(25)26-9-27-20(17)29)11-3-2-4-15(18(11)23)28-31-16-6-13(21)10(8-30-24)5-14(16)22/h2-7,9,17,20,28H,8H2,1H3,(H2,25,26,27). The number of hydrogen-bond acceptors (Lipinski definition) is 7. The number of benzene rings is 2. The molecule has 2 unspecified atom stereocenters. The van der Waals surface area contributed by atoms with Gasteiger partial charge >= 0.3 is 0 Å². The van der Waals surface area contributed by atoms with Crippen LogP contribution in [0.15, 0.2) is 51.4 Å². The molecule has 11 heteroatoms. The molecule has 2 heterocycles. The second-order valence-corrected chi connectivity index (χ2v) is 8.62. The van der Waals surface area contributed by atoms with E-state index in [9.17, 15) is 4.53 Å². The Balaban J connectivity index is 1.58. The third-order valence-corrected chi connectivity index (χ3v) is 6.69. The average Bonchev–Trinajstić information content (AvgIpc) is 3.08. The van der Waals surface area contributed by atoms with Crippen LogP contribution in [0.4, 0.5) is 14.6 Å². The van der Waals surface area contributed by atoms with Gasteiger partial charge in [0.05, 0.1) is 16.6 Å². The minimum Gasteiger partial charge on any atom is -0.386 e. The molecule has 31 heavy (non-hydrogen) atoms. The first kappa shape index (κ1) is 21.9. The van der Waals surface area contributed by atoms with Crippen molar-refractivity contribution in [3.8, 4) is 0 Å². The Morgan fingerprint density at radius 3 is 2.87 bits per heavy atom. The molecule has 0 amide bonds. The molecular formula is C20H17Cl2F2N5OS. The smallest absolute Gasteiger partial charge is 0.154 e. The van der Waals surface area contributed by atoms with Gasteiger partial charge in [-0.2, -0.15) is 4.94 Å². The van der Waals surface area contributed by atoms with Gasteiger partial charge in [-0.1, -0.05) is 35.3 Å². The normalized spacial score (nSPS) is 19.8. The Kier molecular flexibility index (Phi) is 6.38. The molecule has 0 radical (unpaired) electrons. The molecule has 2 aromatic rings. The maximum absolute atomic E-state index is 15.4. The molecule has 3 N–H and O–H groups in total. The summed E-state index contributed by atoms with van der Waals surface area (Å²) in [6, 6.07) is 8.11. The van der Waals surface area contributed by atoms with Crippen LogP contribution < -0.4 is 10.5 Å². The quantitative estimate of drug-likeness (QED) is 0.546. The molecule has 0 saturated heterocycles. The number of nitrogens with zero attached hydrogens (tertiary/aromatic N) is 3. The second-order valence-electron chi connectivity index (χ2n) is 6.96. The van der Waals surface area contributed by atoms with E-state index in [0.717, 1.165) is 11.9 Å². The van der Waals surface area contributed by atoms with Crippen LogP contribution in [0.25, 0.3) is 5.57 Å². The summed E-state index contributed by atoms with van der Waals surface area (Å²) in [5, 5.41) is 0.621. The Hall–Kier alpha value is -2.33. The van der Waals surface area contributed by atoms with E-state index in [2.05, 4.69) is 19.6 Å². The van der Waals surface area contributed by atoms with E-state index in [1.54, 1.807) is 24.3 Å². The fourth-order valence-corrected chi connectivity index (χ4v) is 4.82. The van der Waals surface area contributed by atoms with Crippen LogP contribution in [0.5, 0.6) is 0 Å². The van der Waals surface area contributed by atoms with Gasteiger partial charge < -0.3 is 15.4 Å². The fourth-order valence-electron chi connectivity index (χ4n) is 3.52. The lowest BCUT2D eigenvalue weighted by atomic mass is 9.91. The molecule has 2 atom stereocenters. The highest BCUT2D eigenvalue weighted by molar-refractivity contribution is 8.00. The van der Waals surface area contributed by atoms with E-state index in [4.69, 9.17) is 28.9 Å². The molecule has 0 aliphatic carbocycles. The summed E-state index contributed by atoms with van der Waals surface area (Å²) in [5.74, 6) is -0.380.